The molecule has 196 valence electrons. The number of benzene rings is 3. The molecule has 38 heavy (non-hydrogen) atoms. The van der Waals surface area contributed by atoms with Gasteiger partial charge in [-0.1, -0.05) is 44.0 Å². The zero-order chi connectivity index (χ0) is 26.8. The van der Waals surface area contributed by atoms with E-state index in [1.165, 1.54) is 0 Å². The molecule has 1 aliphatic rings. The van der Waals surface area contributed by atoms with E-state index in [1.54, 1.807) is 12.0 Å². The van der Waals surface area contributed by atoms with Crippen molar-refractivity contribution in [2.45, 2.75) is 52.6 Å². The predicted molar refractivity (Wildman–Crippen MR) is 148 cm³/mol. The van der Waals surface area contributed by atoms with Gasteiger partial charge in [0.2, 0.25) is 5.76 Å². The van der Waals surface area contributed by atoms with Crippen molar-refractivity contribution in [2.75, 3.05) is 13.7 Å². The number of hydrogen-bond donors (Lipinski definition) is 0. The zero-order valence-electron chi connectivity index (χ0n) is 22.4. The summed E-state index contributed by atoms with van der Waals surface area (Å²) in [4.78, 5) is 29.4. The number of fused-ring (bicyclic) bond motifs is 2. The summed E-state index contributed by atoms with van der Waals surface area (Å²) < 4.78 is 17.3. The smallest absolute Gasteiger partial charge is 0.291 e. The number of nitrogens with zero attached hydrogens (tertiary/aromatic N) is 1. The molecule has 6 heteroatoms. The number of ether oxygens (including phenoxy) is 2. The van der Waals surface area contributed by atoms with Crippen LogP contribution in [0.5, 0.6) is 11.5 Å². The number of carbonyl (C=O) groups excluding carboxylic acids is 1. The van der Waals surface area contributed by atoms with Gasteiger partial charge in [0.15, 0.2) is 5.43 Å². The van der Waals surface area contributed by atoms with Crippen LogP contribution in [0.15, 0.2) is 69.9 Å². The number of methoxy groups -OCH3 is 1. The van der Waals surface area contributed by atoms with Crippen molar-refractivity contribution in [1.29, 1.82) is 0 Å². The second kappa shape index (κ2) is 10.7. The zero-order valence-corrected chi connectivity index (χ0v) is 22.4. The standard InChI is InChI=1S/C32H33NO5/c1-5-6-7-16-37-25-14-10-23(11-15-25)29-28-30(34)26-17-20(2)21(3)18-27(26)38-31(28)32(35)33(29)19-22-8-12-24(36-4)13-9-22/h8-15,17-18,29H,5-7,16,19H2,1-4H3. The van der Waals surface area contributed by atoms with E-state index in [0.29, 0.717) is 29.7 Å². The van der Waals surface area contributed by atoms with E-state index in [-0.39, 0.29) is 17.1 Å². The van der Waals surface area contributed by atoms with Gasteiger partial charge in [0.05, 0.1) is 30.7 Å². The monoisotopic (exact) mass is 511 g/mol. The van der Waals surface area contributed by atoms with E-state index >= 15 is 0 Å². The molecule has 6 nitrogen and oxygen atoms in total. The molecule has 1 unspecified atom stereocenters. The summed E-state index contributed by atoms with van der Waals surface area (Å²) in [6.07, 6.45) is 3.27. The molecule has 1 aliphatic heterocycles. The maximum atomic E-state index is 13.9. The third-order valence-electron chi connectivity index (χ3n) is 7.31. The maximum absolute atomic E-state index is 13.9. The summed E-state index contributed by atoms with van der Waals surface area (Å²) in [6, 6.07) is 18.4. The molecule has 4 aromatic rings. The van der Waals surface area contributed by atoms with Gasteiger partial charge < -0.3 is 18.8 Å². The normalized spacial score (nSPS) is 14.7. The summed E-state index contributed by atoms with van der Waals surface area (Å²) in [5.41, 5.74) is 4.43. The number of hydrogen-bond acceptors (Lipinski definition) is 5. The molecule has 0 saturated carbocycles. The van der Waals surface area contributed by atoms with Gasteiger partial charge in [0.25, 0.3) is 5.91 Å². The van der Waals surface area contributed by atoms with Crippen molar-refractivity contribution in [1.82, 2.24) is 4.90 Å². The SMILES string of the molecule is CCCCCOc1ccc(C2c3c(oc4cc(C)c(C)cc4c3=O)C(=O)N2Cc2ccc(OC)cc2)cc1. The minimum Gasteiger partial charge on any atom is -0.497 e. The molecule has 0 aliphatic carbocycles. The van der Waals surface area contributed by atoms with Crippen molar-refractivity contribution in [3.8, 4) is 11.5 Å². The Balaban J connectivity index is 1.57. The van der Waals surface area contributed by atoms with Crippen LogP contribution < -0.4 is 14.9 Å². The lowest BCUT2D eigenvalue weighted by Gasteiger charge is -2.25. The Morgan fingerprint density at radius 3 is 2.26 bits per heavy atom. The second-order valence-electron chi connectivity index (χ2n) is 9.91. The number of rotatable bonds is 9. The van der Waals surface area contributed by atoms with Gasteiger partial charge in [0.1, 0.15) is 17.1 Å². The van der Waals surface area contributed by atoms with Gasteiger partial charge in [-0.25, -0.2) is 0 Å². The number of aryl methyl sites for hydroxylation is 2. The molecular weight excluding hydrogens is 478 g/mol. The van der Waals surface area contributed by atoms with E-state index < -0.39 is 6.04 Å². The Hall–Kier alpha value is -4.06. The molecule has 5 rings (SSSR count). The first-order chi connectivity index (χ1) is 18.4. The third-order valence-corrected chi connectivity index (χ3v) is 7.31. The van der Waals surface area contributed by atoms with Crippen LogP contribution >= 0.6 is 0 Å². The summed E-state index contributed by atoms with van der Waals surface area (Å²) in [5, 5.41) is 0.492. The highest BCUT2D eigenvalue weighted by Gasteiger charge is 2.42. The minimum atomic E-state index is -0.573. The van der Waals surface area contributed by atoms with Crippen molar-refractivity contribution >= 4 is 16.9 Å². The van der Waals surface area contributed by atoms with Crippen LogP contribution in [0.4, 0.5) is 0 Å². The molecule has 1 atom stereocenters. The predicted octanol–water partition coefficient (Wildman–Crippen LogP) is 6.73. The van der Waals surface area contributed by atoms with E-state index in [9.17, 15) is 9.59 Å². The highest BCUT2D eigenvalue weighted by molar-refractivity contribution is 5.99. The van der Waals surface area contributed by atoms with Crippen LogP contribution in [0.1, 0.15) is 70.6 Å². The number of amides is 1. The summed E-state index contributed by atoms with van der Waals surface area (Å²) >= 11 is 0. The third kappa shape index (κ3) is 4.78. The van der Waals surface area contributed by atoms with Crippen molar-refractivity contribution in [3.63, 3.8) is 0 Å². The first-order valence-electron chi connectivity index (χ1n) is 13.2. The fraction of sp³-hybridized carbons (Fsp3) is 0.312. The lowest BCUT2D eigenvalue weighted by Crippen LogP contribution is -2.29. The molecule has 1 aromatic heterocycles. The van der Waals surface area contributed by atoms with Crippen molar-refractivity contribution < 1.29 is 18.7 Å². The topological polar surface area (TPSA) is 69.0 Å². The summed E-state index contributed by atoms with van der Waals surface area (Å²) in [6.45, 7) is 7.08. The number of carbonyl (C=O) groups is 1. The first kappa shape index (κ1) is 25.6. The van der Waals surface area contributed by atoms with Crippen LogP contribution in [0, 0.1) is 13.8 Å². The van der Waals surface area contributed by atoms with E-state index in [0.717, 1.165) is 53.0 Å². The molecule has 3 aromatic carbocycles. The molecule has 0 bridgehead atoms. The Labute approximate surface area is 222 Å². The largest absolute Gasteiger partial charge is 0.497 e. The van der Waals surface area contributed by atoms with Gasteiger partial charge in [-0.15, -0.1) is 0 Å². The molecule has 0 spiro atoms. The molecular formula is C32H33NO5. The Bertz CT molecular complexity index is 1520. The quantitative estimate of drug-likeness (QED) is 0.233. The number of unbranched alkanes of at least 4 members (excludes halogenated alkanes) is 2. The fourth-order valence-electron chi connectivity index (χ4n) is 5.00. The van der Waals surface area contributed by atoms with Gasteiger partial charge >= 0.3 is 0 Å². The van der Waals surface area contributed by atoms with Gasteiger partial charge in [-0.05, 0) is 78.9 Å². The van der Waals surface area contributed by atoms with Gasteiger partial charge in [-0.2, -0.15) is 0 Å². The average Bonchev–Trinajstić information content (AvgIpc) is 3.20. The van der Waals surface area contributed by atoms with Gasteiger partial charge in [0, 0.05) is 6.54 Å². The molecule has 0 N–H and O–H groups in total. The second-order valence-corrected chi connectivity index (χ2v) is 9.91. The molecule has 2 heterocycles. The lowest BCUT2D eigenvalue weighted by atomic mass is 9.97. The van der Waals surface area contributed by atoms with Crippen LogP contribution in [0.2, 0.25) is 0 Å². The molecule has 0 saturated heterocycles. The van der Waals surface area contributed by atoms with E-state index in [1.807, 2.05) is 74.5 Å². The lowest BCUT2D eigenvalue weighted by molar-refractivity contribution is 0.0714. The van der Waals surface area contributed by atoms with Crippen LogP contribution in [0.25, 0.3) is 11.0 Å². The fourth-order valence-corrected chi connectivity index (χ4v) is 5.00. The van der Waals surface area contributed by atoms with Crippen LogP contribution in [-0.2, 0) is 6.54 Å². The Morgan fingerprint density at radius 2 is 1.58 bits per heavy atom. The van der Waals surface area contributed by atoms with E-state index in [4.69, 9.17) is 13.9 Å². The molecule has 0 radical (unpaired) electrons. The van der Waals surface area contributed by atoms with E-state index in [2.05, 4.69) is 6.92 Å². The summed E-state index contributed by atoms with van der Waals surface area (Å²) in [7, 11) is 1.62. The summed E-state index contributed by atoms with van der Waals surface area (Å²) in [5.74, 6) is 1.33. The van der Waals surface area contributed by atoms with Crippen molar-refractivity contribution in [3.05, 3.63) is 104 Å². The highest BCUT2D eigenvalue weighted by Crippen LogP contribution is 2.40. The maximum Gasteiger partial charge on any atom is 0.291 e. The average molecular weight is 512 g/mol. The molecule has 1 amide bonds. The highest BCUT2D eigenvalue weighted by atomic mass is 16.5. The van der Waals surface area contributed by atoms with Crippen LogP contribution in [0.3, 0.4) is 0 Å². The Kier molecular flexibility index (Phi) is 7.23. The minimum absolute atomic E-state index is 0.115. The molecule has 0 fully saturated rings. The first-order valence-corrected chi connectivity index (χ1v) is 13.2. The van der Waals surface area contributed by atoms with Gasteiger partial charge in [-0.3, -0.25) is 9.59 Å². The Morgan fingerprint density at radius 1 is 0.895 bits per heavy atom. The van der Waals surface area contributed by atoms with Crippen LogP contribution in [-0.4, -0.2) is 24.5 Å². The van der Waals surface area contributed by atoms with Crippen molar-refractivity contribution in [2.24, 2.45) is 0 Å².